The molecule has 0 atom stereocenters. The Kier molecular flexibility index (Phi) is 6.42. The van der Waals surface area contributed by atoms with Crippen molar-refractivity contribution in [3.05, 3.63) is 97.2 Å². The van der Waals surface area contributed by atoms with Crippen molar-refractivity contribution in [1.29, 1.82) is 0 Å². The third kappa shape index (κ3) is 5.48. The van der Waals surface area contributed by atoms with Gasteiger partial charge in [-0.25, -0.2) is 5.12 Å². The number of ether oxygens (including phenoxy) is 1. The van der Waals surface area contributed by atoms with Crippen LogP contribution in [0.4, 0.5) is 17.1 Å². The molecule has 0 aromatic heterocycles. The van der Waals surface area contributed by atoms with E-state index in [0.29, 0.717) is 17.2 Å². The van der Waals surface area contributed by atoms with Gasteiger partial charge >= 0.3 is 0 Å². The molecule has 3 heterocycles. The van der Waals surface area contributed by atoms with Crippen molar-refractivity contribution in [2.75, 3.05) is 48.9 Å². The number of hydrogen-bond donors (Lipinski definition) is 3. The van der Waals surface area contributed by atoms with Crippen LogP contribution in [0.25, 0.3) is 0 Å². The highest BCUT2D eigenvalue weighted by atomic mass is 16.5. The third-order valence-electron chi connectivity index (χ3n) is 5.94. The zero-order valence-electron chi connectivity index (χ0n) is 19.6. The van der Waals surface area contributed by atoms with Gasteiger partial charge in [0.25, 0.3) is 0 Å². The Morgan fingerprint density at radius 1 is 1.09 bits per heavy atom. The minimum atomic E-state index is -0.265. The standard InChI is InChI=1S/C26H29N7O2/c1-3-26(34)27-21-5-4-6-24(17-21)35-25-11-12-32-23(18-25)19-33(29-32)28-20-7-9-22(10-8-20)31-15-13-30(2)14-16-31/h3-12,17-19,28-29H,1,13-16H2,2H3,(H,27,34). The van der Waals surface area contributed by atoms with Crippen LogP contribution in [0.15, 0.2) is 97.2 Å². The zero-order valence-corrected chi connectivity index (χ0v) is 19.6. The number of nitrogens with one attached hydrogen (secondary N) is 3. The fourth-order valence-corrected chi connectivity index (χ4v) is 4.00. The quantitative estimate of drug-likeness (QED) is 0.532. The summed E-state index contributed by atoms with van der Waals surface area (Å²) in [6, 6.07) is 15.7. The summed E-state index contributed by atoms with van der Waals surface area (Å²) in [5.74, 6) is 1.04. The summed E-state index contributed by atoms with van der Waals surface area (Å²) in [5, 5.41) is 6.42. The van der Waals surface area contributed by atoms with Crippen molar-refractivity contribution >= 4 is 23.0 Å². The van der Waals surface area contributed by atoms with E-state index in [9.17, 15) is 4.79 Å². The van der Waals surface area contributed by atoms with E-state index in [4.69, 9.17) is 4.74 Å². The molecule has 1 amide bonds. The number of allylic oxidation sites excluding steroid dienone is 2. The SMILES string of the molecule is C=CC(=O)Nc1cccc(OC2=CC3=CN(Nc4ccc(N5CCN(C)CC5)cc4)NN3C=C2)c1. The van der Waals surface area contributed by atoms with Crippen molar-refractivity contribution in [2.45, 2.75) is 0 Å². The normalized spacial score (nSPS) is 17.5. The number of carbonyl (C=O) groups is 1. The van der Waals surface area contributed by atoms with Crippen LogP contribution in [0.5, 0.6) is 5.75 Å². The van der Waals surface area contributed by atoms with Crippen molar-refractivity contribution in [2.24, 2.45) is 0 Å². The Morgan fingerprint density at radius 3 is 2.66 bits per heavy atom. The molecule has 1 saturated heterocycles. The predicted octanol–water partition coefficient (Wildman–Crippen LogP) is 3.26. The Labute approximate surface area is 205 Å². The number of piperazine rings is 1. The van der Waals surface area contributed by atoms with Crippen LogP contribution in [-0.2, 0) is 4.79 Å². The monoisotopic (exact) mass is 471 g/mol. The summed E-state index contributed by atoms with van der Waals surface area (Å²) in [4.78, 5) is 16.3. The predicted molar refractivity (Wildman–Crippen MR) is 138 cm³/mol. The van der Waals surface area contributed by atoms with E-state index < -0.39 is 0 Å². The summed E-state index contributed by atoms with van der Waals surface area (Å²) < 4.78 is 6.01. The molecule has 2 aromatic carbocycles. The summed E-state index contributed by atoms with van der Waals surface area (Å²) in [6.45, 7) is 7.75. The topological polar surface area (TPSA) is 75.3 Å². The van der Waals surface area contributed by atoms with Crippen molar-refractivity contribution in [3.63, 3.8) is 0 Å². The maximum absolute atomic E-state index is 11.5. The van der Waals surface area contributed by atoms with E-state index in [0.717, 1.165) is 37.6 Å². The molecule has 3 aliphatic rings. The molecular weight excluding hydrogens is 442 g/mol. The minimum absolute atomic E-state index is 0.265. The van der Waals surface area contributed by atoms with Gasteiger partial charge in [0, 0.05) is 55.9 Å². The van der Waals surface area contributed by atoms with E-state index in [2.05, 4.69) is 64.0 Å². The van der Waals surface area contributed by atoms with Gasteiger partial charge in [-0.1, -0.05) is 12.6 Å². The summed E-state index contributed by atoms with van der Waals surface area (Å²) in [5.41, 5.74) is 10.4. The first-order valence-electron chi connectivity index (χ1n) is 11.5. The molecule has 1 fully saturated rings. The zero-order chi connectivity index (χ0) is 24.2. The molecule has 5 rings (SSSR count). The van der Waals surface area contributed by atoms with E-state index in [1.165, 1.54) is 11.8 Å². The second kappa shape index (κ2) is 9.96. The molecule has 2 aromatic rings. The molecule has 3 aliphatic heterocycles. The Hall–Kier alpha value is -4.21. The first-order valence-corrected chi connectivity index (χ1v) is 11.5. The molecule has 0 unspecified atom stereocenters. The van der Waals surface area contributed by atoms with Gasteiger partial charge in [0.05, 0.1) is 17.6 Å². The molecule has 3 N–H and O–H groups in total. The molecule has 0 bridgehead atoms. The van der Waals surface area contributed by atoms with Crippen LogP contribution >= 0.6 is 0 Å². The van der Waals surface area contributed by atoms with E-state index >= 15 is 0 Å². The number of benzene rings is 2. The molecule has 35 heavy (non-hydrogen) atoms. The van der Waals surface area contributed by atoms with Gasteiger partial charge in [0.15, 0.2) is 0 Å². The molecule has 0 saturated carbocycles. The number of carbonyl (C=O) groups excluding carboxylic acids is 1. The average molecular weight is 472 g/mol. The second-order valence-corrected chi connectivity index (χ2v) is 8.53. The van der Waals surface area contributed by atoms with Crippen LogP contribution < -0.4 is 25.9 Å². The molecule has 9 nitrogen and oxygen atoms in total. The molecule has 180 valence electrons. The van der Waals surface area contributed by atoms with Crippen molar-refractivity contribution < 1.29 is 9.53 Å². The van der Waals surface area contributed by atoms with Crippen LogP contribution in [0.2, 0.25) is 0 Å². The smallest absolute Gasteiger partial charge is 0.247 e. The average Bonchev–Trinajstić information content (AvgIpc) is 3.27. The lowest BCUT2D eigenvalue weighted by Gasteiger charge is -2.34. The van der Waals surface area contributed by atoms with E-state index in [1.807, 2.05) is 41.7 Å². The van der Waals surface area contributed by atoms with Gasteiger partial charge in [-0.2, -0.15) is 0 Å². The molecular formula is C26H29N7O2. The van der Waals surface area contributed by atoms with Crippen LogP contribution in [0, 0.1) is 0 Å². The summed E-state index contributed by atoms with van der Waals surface area (Å²) in [7, 11) is 2.17. The highest BCUT2D eigenvalue weighted by Gasteiger charge is 2.21. The lowest BCUT2D eigenvalue weighted by atomic mass is 10.2. The molecule has 9 heteroatoms. The van der Waals surface area contributed by atoms with Crippen molar-refractivity contribution in [1.82, 2.24) is 20.6 Å². The first-order chi connectivity index (χ1) is 17.1. The fourth-order valence-electron chi connectivity index (χ4n) is 4.00. The van der Waals surface area contributed by atoms with E-state index in [-0.39, 0.29) is 5.91 Å². The lowest BCUT2D eigenvalue weighted by Crippen LogP contribution is -2.44. The third-order valence-corrected chi connectivity index (χ3v) is 5.94. The highest BCUT2D eigenvalue weighted by Crippen LogP contribution is 2.26. The summed E-state index contributed by atoms with van der Waals surface area (Å²) in [6.07, 6.45) is 8.87. The summed E-state index contributed by atoms with van der Waals surface area (Å²) >= 11 is 0. The maximum Gasteiger partial charge on any atom is 0.247 e. The van der Waals surface area contributed by atoms with Gasteiger partial charge < -0.3 is 19.9 Å². The molecule has 0 spiro atoms. The number of likely N-dealkylation sites (N-methyl/N-ethyl adjacent to an activating group) is 1. The van der Waals surface area contributed by atoms with Crippen LogP contribution in [-0.4, -0.2) is 54.2 Å². The van der Waals surface area contributed by atoms with Gasteiger partial charge in [-0.3, -0.25) is 15.2 Å². The number of hydrazine groups is 3. The Balaban J connectivity index is 1.20. The Bertz CT molecular complexity index is 1180. The minimum Gasteiger partial charge on any atom is -0.457 e. The van der Waals surface area contributed by atoms with E-state index in [1.54, 1.807) is 17.3 Å². The maximum atomic E-state index is 11.5. The second-order valence-electron chi connectivity index (χ2n) is 8.53. The number of amides is 1. The number of rotatable bonds is 7. The number of hydrogen-bond acceptors (Lipinski definition) is 8. The van der Waals surface area contributed by atoms with Gasteiger partial charge in [-0.15, -0.1) is 5.53 Å². The lowest BCUT2D eigenvalue weighted by molar-refractivity contribution is -0.111. The van der Waals surface area contributed by atoms with Crippen molar-refractivity contribution in [3.8, 4) is 5.75 Å². The largest absolute Gasteiger partial charge is 0.457 e. The number of nitrogens with zero attached hydrogens (tertiary/aromatic N) is 4. The fraction of sp³-hybridized carbons (Fsp3) is 0.192. The van der Waals surface area contributed by atoms with Crippen LogP contribution in [0.3, 0.4) is 0 Å². The number of anilines is 3. The Morgan fingerprint density at radius 2 is 1.89 bits per heavy atom. The molecule has 0 radical (unpaired) electrons. The van der Waals surface area contributed by atoms with Gasteiger partial charge in [0.2, 0.25) is 5.91 Å². The van der Waals surface area contributed by atoms with Crippen LogP contribution in [0.1, 0.15) is 0 Å². The molecule has 0 aliphatic carbocycles. The number of fused-ring (bicyclic) bond motifs is 1. The first kappa shape index (κ1) is 22.6. The van der Waals surface area contributed by atoms with Gasteiger partial charge in [-0.05, 0) is 55.6 Å². The highest BCUT2D eigenvalue weighted by molar-refractivity contribution is 5.98. The van der Waals surface area contributed by atoms with Gasteiger partial charge in [0.1, 0.15) is 11.5 Å².